The van der Waals surface area contributed by atoms with Crippen molar-refractivity contribution in [2.75, 3.05) is 18.4 Å². The number of benzene rings is 1. The van der Waals surface area contributed by atoms with Crippen LogP contribution in [0.4, 0.5) is 5.69 Å². The summed E-state index contributed by atoms with van der Waals surface area (Å²) in [6.07, 6.45) is 2.05. The lowest BCUT2D eigenvalue weighted by Gasteiger charge is -2.19. The molecular formula is C17H19N3O3. The number of rotatable bonds is 3. The number of hydrogen-bond donors (Lipinski definition) is 1. The van der Waals surface area contributed by atoms with Gasteiger partial charge in [-0.15, -0.1) is 0 Å². The summed E-state index contributed by atoms with van der Waals surface area (Å²) < 4.78 is 4.98. The average Bonchev–Trinajstić information content (AvgIpc) is 3.20. The van der Waals surface area contributed by atoms with Crippen molar-refractivity contribution in [2.45, 2.75) is 26.7 Å². The van der Waals surface area contributed by atoms with Gasteiger partial charge in [-0.25, -0.2) is 0 Å². The molecule has 0 saturated carbocycles. The van der Waals surface area contributed by atoms with Gasteiger partial charge in [0, 0.05) is 19.2 Å². The number of nitrogens with zero attached hydrogens (tertiary/aromatic N) is 2. The molecule has 0 unspecified atom stereocenters. The van der Waals surface area contributed by atoms with Crippen molar-refractivity contribution in [1.82, 2.24) is 10.1 Å². The first-order valence-corrected chi connectivity index (χ1v) is 7.70. The Kier molecular flexibility index (Phi) is 4.14. The molecule has 1 aromatic carbocycles. The van der Waals surface area contributed by atoms with Gasteiger partial charge in [-0.05, 0) is 38.3 Å². The van der Waals surface area contributed by atoms with Crippen LogP contribution in [0.25, 0.3) is 0 Å². The highest BCUT2D eigenvalue weighted by molar-refractivity contribution is 6.08. The van der Waals surface area contributed by atoms with E-state index in [1.54, 1.807) is 19.1 Å². The number of aryl methyl sites for hydroxylation is 2. The van der Waals surface area contributed by atoms with Crippen LogP contribution in [0, 0.1) is 13.8 Å². The molecule has 1 aromatic heterocycles. The Bertz CT molecular complexity index is 745. The zero-order valence-electron chi connectivity index (χ0n) is 13.3. The maximum absolute atomic E-state index is 12.7. The van der Waals surface area contributed by atoms with E-state index in [0.29, 0.717) is 16.9 Å². The summed E-state index contributed by atoms with van der Waals surface area (Å²) in [5.74, 6) is -0.323. The second kappa shape index (κ2) is 6.24. The third-order valence-corrected chi connectivity index (χ3v) is 3.99. The normalized spacial score (nSPS) is 14.1. The molecule has 6 heteroatoms. The number of nitrogens with one attached hydrogen (secondary N) is 1. The minimum atomic E-state index is -0.407. The Morgan fingerprint density at radius 3 is 2.61 bits per heavy atom. The molecule has 2 amide bonds. The Balaban J connectivity index is 1.89. The first-order valence-electron chi connectivity index (χ1n) is 7.70. The van der Waals surface area contributed by atoms with Crippen LogP contribution in [0.15, 0.2) is 28.8 Å². The fourth-order valence-corrected chi connectivity index (χ4v) is 2.75. The van der Waals surface area contributed by atoms with Crippen LogP contribution >= 0.6 is 0 Å². The Morgan fingerprint density at radius 1 is 1.22 bits per heavy atom. The molecule has 0 bridgehead atoms. The van der Waals surface area contributed by atoms with Crippen molar-refractivity contribution in [1.29, 1.82) is 0 Å². The number of aromatic nitrogens is 1. The first kappa shape index (κ1) is 15.3. The van der Waals surface area contributed by atoms with Crippen molar-refractivity contribution in [2.24, 2.45) is 0 Å². The highest BCUT2D eigenvalue weighted by Gasteiger charge is 2.24. The van der Waals surface area contributed by atoms with E-state index in [9.17, 15) is 9.59 Å². The van der Waals surface area contributed by atoms with Crippen molar-refractivity contribution in [3.63, 3.8) is 0 Å². The van der Waals surface area contributed by atoms with E-state index in [2.05, 4.69) is 10.5 Å². The minimum Gasteiger partial charge on any atom is -0.351 e. The van der Waals surface area contributed by atoms with Crippen molar-refractivity contribution < 1.29 is 14.1 Å². The standard InChI is InChI=1S/C17H19N3O3/c1-11-6-5-7-13(17(22)20-8-3-4-9-20)15(11)18-16(21)14-10-12(2)19-23-14/h5-7,10H,3-4,8-9H2,1-2H3,(H,18,21). The largest absolute Gasteiger partial charge is 0.351 e. The molecule has 23 heavy (non-hydrogen) atoms. The van der Waals surface area contributed by atoms with Crippen LogP contribution in [0.1, 0.15) is 45.0 Å². The first-order chi connectivity index (χ1) is 11.1. The lowest BCUT2D eigenvalue weighted by molar-refractivity contribution is 0.0793. The zero-order valence-corrected chi connectivity index (χ0v) is 13.3. The van der Waals surface area contributed by atoms with Crippen molar-refractivity contribution in [3.8, 4) is 0 Å². The fraction of sp³-hybridized carbons (Fsp3) is 0.353. The lowest BCUT2D eigenvalue weighted by atomic mass is 10.1. The number of hydrogen-bond acceptors (Lipinski definition) is 4. The van der Waals surface area contributed by atoms with Crippen LogP contribution in [0.5, 0.6) is 0 Å². The molecule has 1 fully saturated rings. The highest BCUT2D eigenvalue weighted by atomic mass is 16.5. The number of para-hydroxylation sites is 1. The summed E-state index contributed by atoms with van der Waals surface area (Å²) in [7, 11) is 0. The summed E-state index contributed by atoms with van der Waals surface area (Å²) in [6.45, 7) is 5.14. The van der Waals surface area contributed by atoms with Gasteiger partial charge in [0.1, 0.15) is 0 Å². The monoisotopic (exact) mass is 313 g/mol. The van der Waals surface area contributed by atoms with Gasteiger partial charge in [0.15, 0.2) is 0 Å². The number of amides is 2. The van der Waals surface area contributed by atoms with E-state index >= 15 is 0 Å². The summed E-state index contributed by atoms with van der Waals surface area (Å²) >= 11 is 0. The predicted molar refractivity (Wildman–Crippen MR) is 85.5 cm³/mol. The molecule has 0 atom stereocenters. The quantitative estimate of drug-likeness (QED) is 0.945. The molecule has 120 valence electrons. The van der Waals surface area contributed by atoms with Crippen LogP contribution in [-0.2, 0) is 0 Å². The van der Waals surface area contributed by atoms with E-state index < -0.39 is 5.91 Å². The molecule has 0 radical (unpaired) electrons. The minimum absolute atomic E-state index is 0.0461. The number of carbonyl (C=O) groups is 2. The molecule has 3 rings (SSSR count). The molecule has 1 N–H and O–H groups in total. The number of likely N-dealkylation sites (tertiary alicyclic amines) is 1. The van der Waals surface area contributed by atoms with Crippen molar-refractivity contribution in [3.05, 3.63) is 46.8 Å². The Labute approximate surface area is 134 Å². The lowest BCUT2D eigenvalue weighted by Crippen LogP contribution is -2.29. The van der Waals surface area contributed by atoms with Gasteiger partial charge >= 0.3 is 0 Å². The molecule has 0 aliphatic carbocycles. The SMILES string of the molecule is Cc1cc(C(=O)Nc2c(C)cccc2C(=O)N2CCCC2)on1. The molecule has 2 aromatic rings. The summed E-state index contributed by atoms with van der Waals surface area (Å²) in [4.78, 5) is 26.8. The fourth-order valence-electron chi connectivity index (χ4n) is 2.75. The molecule has 1 aliphatic rings. The Hall–Kier alpha value is -2.63. The average molecular weight is 313 g/mol. The number of anilines is 1. The van der Waals surface area contributed by atoms with Gasteiger partial charge in [0.25, 0.3) is 11.8 Å². The maximum Gasteiger partial charge on any atom is 0.294 e. The summed E-state index contributed by atoms with van der Waals surface area (Å²) in [5.41, 5.74) is 2.51. The second-order valence-electron chi connectivity index (χ2n) is 5.78. The number of carbonyl (C=O) groups excluding carboxylic acids is 2. The van der Waals surface area contributed by atoms with Gasteiger partial charge in [-0.2, -0.15) is 0 Å². The van der Waals surface area contributed by atoms with Gasteiger partial charge in [-0.1, -0.05) is 17.3 Å². The molecule has 1 aliphatic heterocycles. The second-order valence-corrected chi connectivity index (χ2v) is 5.78. The van der Waals surface area contributed by atoms with E-state index in [-0.39, 0.29) is 11.7 Å². The smallest absolute Gasteiger partial charge is 0.294 e. The predicted octanol–water partition coefficient (Wildman–Crippen LogP) is 2.78. The molecule has 2 heterocycles. The molecule has 6 nitrogen and oxygen atoms in total. The van der Waals surface area contributed by atoms with E-state index in [4.69, 9.17) is 4.52 Å². The van der Waals surface area contributed by atoms with E-state index in [1.165, 1.54) is 0 Å². The third kappa shape index (κ3) is 3.11. The summed E-state index contributed by atoms with van der Waals surface area (Å²) in [6, 6.07) is 7.00. The van der Waals surface area contributed by atoms with Gasteiger partial charge < -0.3 is 14.7 Å². The van der Waals surface area contributed by atoms with Gasteiger partial charge in [0.05, 0.1) is 16.9 Å². The van der Waals surface area contributed by atoms with E-state index in [1.807, 2.05) is 24.0 Å². The Morgan fingerprint density at radius 2 is 1.96 bits per heavy atom. The van der Waals surface area contributed by atoms with Crippen LogP contribution in [0.3, 0.4) is 0 Å². The van der Waals surface area contributed by atoms with Crippen LogP contribution < -0.4 is 5.32 Å². The van der Waals surface area contributed by atoms with Gasteiger partial charge in [0.2, 0.25) is 5.76 Å². The van der Waals surface area contributed by atoms with Crippen LogP contribution in [-0.4, -0.2) is 35.0 Å². The topological polar surface area (TPSA) is 75.4 Å². The van der Waals surface area contributed by atoms with Crippen molar-refractivity contribution >= 4 is 17.5 Å². The highest BCUT2D eigenvalue weighted by Crippen LogP contribution is 2.24. The van der Waals surface area contributed by atoms with Gasteiger partial charge in [-0.3, -0.25) is 9.59 Å². The zero-order chi connectivity index (χ0) is 16.4. The maximum atomic E-state index is 12.7. The van der Waals surface area contributed by atoms with E-state index in [0.717, 1.165) is 31.5 Å². The molecule has 0 spiro atoms. The molecule has 1 saturated heterocycles. The third-order valence-electron chi connectivity index (χ3n) is 3.99. The van der Waals surface area contributed by atoms with Crippen LogP contribution in [0.2, 0.25) is 0 Å². The summed E-state index contributed by atoms with van der Waals surface area (Å²) in [5, 5.41) is 6.50. The molecular weight excluding hydrogens is 294 g/mol.